The highest BCUT2D eigenvalue weighted by Crippen LogP contribution is 2.14. The Kier molecular flexibility index (Phi) is 6.17. The van der Waals surface area contributed by atoms with Crippen molar-refractivity contribution in [3.8, 4) is 6.07 Å². The first-order valence-electron chi connectivity index (χ1n) is 7.37. The van der Waals surface area contributed by atoms with Crippen LogP contribution in [-0.4, -0.2) is 23.4 Å². The number of non-ortho nitro benzene ring substituents is 1. The molecule has 130 valence electrons. The maximum Gasteiger partial charge on any atom is 0.331 e. The molecule has 0 fully saturated rings. The molecule has 2 aromatic carbocycles. The second kappa shape index (κ2) is 8.75. The fraction of sp³-hybridized carbons (Fsp3) is 0.0556. The third-order valence-corrected chi connectivity index (χ3v) is 3.11. The van der Waals surface area contributed by atoms with Gasteiger partial charge < -0.3 is 10.1 Å². The predicted octanol–water partition coefficient (Wildman–Crippen LogP) is 2.66. The van der Waals surface area contributed by atoms with E-state index in [1.54, 1.807) is 24.3 Å². The Morgan fingerprint density at radius 1 is 1.23 bits per heavy atom. The lowest BCUT2D eigenvalue weighted by molar-refractivity contribution is -0.384. The van der Waals surface area contributed by atoms with Gasteiger partial charge in [0.1, 0.15) is 0 Å². The van der Waals surface area contributed by atoms with Gasteiger partial charge in [0.05, 0.1) is 16.6 Å². The monoisotopic (exact) mass is 351 g/mol. The molecule has 0 saturated carbocycles. The second-order valence-corrected chi connectivity index (χ2v) is 5.03. The first-order chi connectivity index (χ1) is 12.5. The van der Waals surface area contributed by atoms with Gasteiger partial charge in [-0.1, -0.05) is 18.2 Å². The number of esters is 1. The van der Waals surface area contributed by atoms with Crippen molar-refractivity contribution in [2.75, 3.05) is 11.9 Å². The van der Waals surface area contributed by atoms with Gasteiger partial charge in [0.2, 0.25) is 0 Å². The van der Waals surface area contributed by atoms with E-state index < -0.39 is 23.4 Å². The van der Waals surface area contributed by atoms with Gasteiger partial charge in [0, 0.05) is 23.9 Å². The lowest BCUT2D eigenvalue weighted by Gasteiger charge is -2.05. The maximum atomic E-state index is 11.7. The Morgan fingerprint density at radius 3 is 2.73 bits per heavy atom. The van der Waals surface area contributed by atoms with Crippen LogP contribution in [0.2, 0.25) is 0 Å². The molecule has 0 radical (unpaired) electrons. The number of hydrogen-bond acceptors (Lipinski definition) is 6. The average Bonchev–Trinajstić information content (AvgIpc) is 2.65. The van der Waals surface area contributed by atoms with Crippen molar-refractivity contribution in [1.29, 1.82) is 5.26 Å². The number of ether oxygens (including phenoxy) is 1. The summed E-state index contributed by atoms with van der Waals surface area (Å²) in [7, 11) is 0. The molecule has 0 bridgehead atoms. The molecule has 2 rings (SSSR count). The van der Waals surface area contributed by atoms with E-state index in [2.05, 4.69) is 5.32 Å². The molecule has 0 aliphatic heterocycles. The summed E-state index contributed by atoms with van der Waals surface area (Å²) in [6.45, 7) is -0.505. The van der Waals surface area contributed by atoms with E-state index >= 15 is 0 Å². The third-order valence-electron chi connectivity index (χ3n) is 3.11. The Labute approximate surface area is 148 Å². The zero-order valence-electron chi connectivity index (χ0n) is 13.4. The summed E-state index contributed by atoms with van der Waals surface area (Å²) in [6, 6.07) is 14.0. The molecule has 0 aliphatic carbocycles. The second-order valence-electron chi connectivity index (χ2n) is 5.03. The summed E-state index contributed by atoms with van der Waals surface area (Å²) in [6.07, 6.45) is 2.42. The molecule has 1 N–H and O–H groups in total. The van der Waals surface area contributed by atoms with Crippen LogP contribution in [0.5, 0.6) is 0 Å². The minimum absolute atomic E-state index is 0.0977. The Balaban J connectivity index is 1.86. The van der Waals surface area contributed by atoms with E-state index in [0.29, 0.717) is 16.8 Å². The number of anilines is 1. The molecule has 0 atom stereocenters. The molecular formula is C18H13N3O5. The van der Waals surface area contributed by atoms with Crippen LogP contribution in [0.4, 0.5) is 11.4 Å². The van der Waals surface area contributed by atoms with Crippen LogP contribution >= 0.6 is 0 Å². The SMILES string of the molecule is N#Cc1cccc(NC(=O)COC(=O)/C=C/c2cccc([N+](=O)[O-])c2)c1. The van der Waals surface area contributed by atoms with Crippen LogP contribution in [-0.2, 0) is 14.3 Å². The first kappa shape index (κ1) is 18.4. The summed E-state index contributed by atoms with van der Waals surface area (Å²) in [5.74, 6) is -1.32. The number of nitrogens with zero attached hydrogens (tertiary/aromatic N) is 2. The molecule has 1 amide bonds. The molecule has 0 unspecified atom stereocenters. The highest BCUT2D eigenvalue weighted by Gasteiger charge is 2.07. The van der Waals surface area contributed by atoms with Gasteiger partial charge in [-0.25, -0.2) is 4.79 Å². The van der Waals surface area contributed by atoms with Crippen molar-refractivity contribution in [3.63, 3.8) is 0 Å². The van der Waals surface area contributed by atoms with E-state index in [0.717, 1.165) is 6.08 Å². The minimum Gasteiger partial charge on any atom is -0.452 e. The van der Waals surface area contributed by atoms with Crippen molar-refractivity contribution in [2.45, 2.75) is 0 Å². The standard InChI is InChI=1S/C18H13N3O5/c19-11-14-4-1-5-15(9-14)20-17(22)12-26-18(23)8-7-13-3-2-6-16(10-13)21(24)25/h1-10H,12H2,(H,20,22)/b8-7+. The summed E-state index contributed by atoms with van der Waals surface area (Å²) < 4.78 is 4.80. The number of nitrogens with one attached hydrogen (secondary N) is 1. The van der Waals surface area contributed by atoms with Crippen molar-refractivity contribution in [2.24, 2.45) is 0 Å². The Morgan fingerprint density at radius 2 is 2.00 bits per heavy atom. The van der Waals surface area contributed by atoms with Crippen LogP contribution in [0.15, 0.2) is 54.6 Å². The fourth-order valence-electron chi connectivity index (χ4n) is 1.95. The van der Waals surface area contributed by atoms with Gasteiger partial charge >= 0.3 is 5.97 Å². The normalized spacial score (nSPS) is 10.1. The zero-order chi connectivity index (χ0) is 18.9. The number of carbonyl (C=O) groups excluding carboxylic acids is 2. The predicted molar refractivity (Wildman–Crippen MR) is 92.9 cm³/mol. The quantitative estimate of drug-likeness (QED) is 0.369. The molecule has 0 heterocycles. The largest absolute Gasteiger partial charge is 0.452 e. The molecule has 0 saturated heterocycles. The first-order valence-corrected chi connectivity index (χ1v) is 7.37. The fourth-order valence-corrected chi connectivity index (χ4v) is 1.95. The average molecular weight is 351 g/mol. The molecule has 0 aromatic heterocycles. The molecular weight excluding hydrogens is 338 g/mol. The molecule has 8 nitrogen and oxygen atoms in total. The van der Waals surface area contributed by atoms with Crippen molar-refractivity contribution >= 4 is 29.3 Å². The van der Waals surface area contributed by atoms with Crippen LogP contribution in [0, 0.1) is 21.4 Å². The number of amides is 1. The summed E-state index contributed by atoms with van der Waals surface area (Å²) >= 11 is 0. The maximum absolute atomic E-state index is 11.7. The van der Waals surface area contributed by atoms with E-state index in [1.165, 1.54) is 30.3 Å². The number of nitro groups is 1. The van der Waals surface area contributed by atoms with E-state index in [9.17, 15) is 19.7 Å². The van der Waals surface area contributed by atoms with Crippen molar-refractivity contribution in [1.82, 2.24) is 0 Å². The van der Waals surface area contributed by atoms with Gasteiger partial charge in [-0.3, -0.25) is 14.9 Å². The van der Waals surface area contributed by atoms with Crippen LogP contribution in [0.1, 0.15) is 11.1 Å². The number of carbonyl (C=O) groups is 2. The zero-order valence-corrected chi connectivity index (χ0v) is 13.4. The van der Waals surface area contributed by atoms with E-state index in [4.69, 9.17) is 10.00 Å². The van der Waals surface area contributed by atoms with Gasteiger partial charge in [-0.05, 0) is 29.8 Å². The molecule has 2 aromatic rings. The third kappa shape index (κ3) is 5.58. The smallest absolute Gasteiger partial charge is 0.331 e. The van der Waals surface area contributed by atoms with Gasteiger partial charge in [0.25, 0.3) is 11.6 Å². The number of nitro benzene ring substituents is 1. The van der Waals surface area contributed by atoms with Gasteiger partial charge in [-0.15, -0.1) is 0 Å². The number of hydrogen-bond donors (Lipinski definition) is 1. The Hall–Kier alpha value is -3.99. The summed E-state index contributed by atoms with van der Waals surface area (Å²) in [4.78, 5) is 33.5. The van der Waals surface area contributed by atoms with Gasteiger partial charge in [0.15, 0.2) is 6.61 Å². The highest BCUT2D eigenvalue weighted by molar-refractivity contribution is 5.94. The van der Waals surface area contributed by atoms with Crippen molar-refractivity contribution < 1.29 is 19.2 Å². The van der Waals surface area contributed by atoms with Crippen molar-refractivity contribution in [3.05, 3.63) is 75.8 Å². The lowest BCUT2D eigenvalue weighted by atomic mass is 10.2. The molecule has 0 spiro atoms. The van der Waals surface area contributed by atoms with E-state index in [-0.39, 0.29) is 5.69 Å². The summed E-state index contributed by atoms with van der Waals surface area (Å²) in [5.41, 5.74) is 1.16. The topological polar surface area (TPSA) is 122 Å². The molecule has 0 aliphatic rings. The van der Waals surface area contributed by atoms with Crippen LogP contribution < -0.4 is 5.32 Å². The number of benzene rings is 2. The minimum atomic E-state index is -0.766. The molecule has 8 heteroatoms. The van der Waals surface area contributed by atoms with Gasteiger partial charge in [-0.2, -0.15) is 5.26 Å². The highest BCUT2D eigenvalue weighted by atomic mass is 16.6. The summed E-state index contributed by atoms with van der Waals surface area (Å²) in [5, 5.41) is 22.0. The van der Waals surface area contributed by atoms with Crippen LogP contribution in [0.3, 0.4) is 0 Å². The lowest BCUT2D eigenvalue weighted by Crippen LogP contribution is -2.20. The Bertz CT molecular complexity index is 915. The van der Waals surface area contributed by atoms with E-state index in [1.807, 2.05) is 6.07 Å². The molecule has 26 heavy (non-hydrogen) atoms. The number of rotatable bonds is 6. The van der Waals surface area contributed by atoms with Crippen LogP contribution in [0.25, 0.3) is 6.08 Å². The number of nitriles is 1.